The zero-order valence-corrected chi connectivity index (χ0v) is 10.9. The van der Waals surface area contributed by atoms with Gasteiger partial charge in [0.25, 0.3) is 0 Å². The highest BCUT2D eigenvalue weighted by molar-refractivity contribution is 6.06. The first kappa shape index (κ1) is 12.4. The molecule has 102 valence electrons. The van der Waals surface area contributed by atoms with E-state index in [4.69, 9.17) is 0 Å². The second-order valence-electron chi connectivity index (χ2n) is 5.83. The minimum atomic E-state index is -0.642. The van der Waals surface area contributed by atoms with E-state index >= 15 is 0 Å². The molecule has 2 aliphatic heterocycles. The van der Waals surface area contributed by atoms with Gasteiger partial charge in [-0.25, -0.2) is 0 Å². The molecule has 0 radical (unpaired) electrons. The third-order valence-electron chi connectivity index (χ3n) is 4.45. The maximum atomic E-state index is 12.2. The average molecular weight is 262 g/mol. The minimum absolute atomic E-state index is 0.0946. The molecule has 2 saturated heterocycles. The Labute approximate surface area is 112 Å². The number of rotatable bonds is 2. The van der Waals surface area contributed by atoms with Crippen molar-refractivity contribution in [2.45, 2.75) is 38.5 Å². The van der Waals surface area contributed by atoms with Crippen molar-refractivity contribution in [2.75, 3.05) is 13.1 Å². The van der Waals surface area contributed by atoms with Crippen LogP contribution in [-0.4, -0.2) is 35.7 Å². The van der Waals surface area contributed by atoms with Crippen molar-refractivity contribution in [3.05, 3.63) is 11.6 Å². The van der Waals surface area contributed by atoms with Crippen molar-refractivity contribution < 1.29 is 14.4 Å². The fraction of sp³-hybridized carbons (Fsp3) is 0.643. The van der Waals surface area contributed by atoms with Crippen LogP contribution in [-0.2, 0) is 14.4 Å². The molecule has 0 aromatic rings. The highest BCUT2D eigenvalue weighted by atomic mass is 16.2. The SMILES string of the molecule is O=C1CC2(CCN(C(=O)CC3=CCCC3)C2)C(=O)N1. The van der Waals surface area contributed by atoms with Gasteiger partial charge in [-0.1, -0.05) is 11.6 Å². The number of allylic oxidation sites excluding steroid dienone is 1. The summed E-state index contributed by atoms with van der Waals surface area (Å²) in [6.45, 7) is 0.990. The van der Waals surface area contributed by atoms with Crippen molar-refractivity contribution in [1.29, 1.82) is 0 Å². The lowest BCUT2D eigenvalue weighted by molar-refractivity contribution is -0.131. The summed E-state index contributed by atoms with van der Waals surface area (Å²) in [6.07, 6.45) is 6.70. The number of likely N-dealkylation sites (tertiary alicyclic amines) is 1. The minimum Gasteiger partial charge on any atom is -0.341 e. The first-order valence-electron chi connectivity index (χ1n) is 6.89. The van der Waals surface area contributed by atoms with Gasteiger partial charge in [-0.2, -0.15) is 0 Å². The average Bonchev–Trinajstić information content (AvgIpc) is 3.03. The second-order valence-corrected chi connectivity index (χ2v) is 5.83. The van der Waals surface area contributed by atoms with E-state index in [1.807, 2.05) is 0 Å². The largest absolute Gasteiger partial charge is 0.341 e. The number of imide groups is 1. The highest BCUT2D eigenvalue weighted by Gasteiger charge is 2.51. The third kappa shape index (κ3) is 2.17. The molecular weight excluding hydrogens is 244 g/mol. The van der Waals surface area contributed by atoms with Gasteiger partial charge < -0.3 is 4.90 Å². The van der Waals surface area contributed by atoms with Crippen LogP contribution < -0.4 is 5.32 Å². The molecule has 3 rings (SSSR count). The standard InChI is InChI=1S/C14H18N2O3/c17-11-8-14(13(19)15-11)5-6-16(9-14)12(18)7-10-3-1-2-4-10/h3H,1-2,4-9H2,(H,15,17,19). The van der Waals surface area contributed by atoms with E-state index in [0.29, 0.717) is 25.9 Å². The summed E-state index contributed by atoms with van der Waals surface area (Å²) < 4.78 is 0. The topological polar surface area (TPSA) is 66.5 Å². The van der Waals surface area contributed by atoms with Gasteiger partial charge in [-0.15, -0.1) is 0 Å². The molecule has 1 unspecified atom stereocenters. The Bertz CT molecular complexity index is 483. The molecule has 0 aromatic heterocycles. The number of carbonyl (C=O) groups excluding carboxylic acids is 3. The summed E-state index contributed by atoms with van der Waals surface area (Å²) >= 11 is 0. The Hall–Kier alpha value is -1.65. The van der Waals surface area contributed by atoms with Crippen LogP contribution in [0.25, 0.3) is 0 Å². The van der Waals surface area contributed by atoms with E-state index in [2.05, 4.69) is 11.4 Å². The summed E-state index contributed by atoms with van der Waals surface area (Å²) in [4.78, 5) is 37.1. The molecule has 19 heavy (non-hydrogen) atoms. The van der Waals surface area contributed by atoms with Crippen LogP contribution in [0.1, 0.15) is 38.5 Å². The van der Waals surface area contributed by atoms with Gasteiger partial charge in [-0.05, 0) is 25.7 Å². The van der Waals surface area contributed by atoms with Gasteiger partial charge in [0, 0.05) is 25.9 Å². The summed E-state index contributed by atoms with van der Waals surface area (Å²) in [5, 5.41) is 2.35. The molecule has 5 nitrogen and oxygen atoms in total. The lowest BCUT2D eigenvalue weighted by Crippen LogP contribution is -2.36. The normalized spacial score (nSPS) is 30.1. The molecule has 0 saturated carbocycles. The summed E-state index contributed by atoms with van der Waals surface area (Å²) in [5.41, 5.74) is 0.578. The Balaban J connectivity index is 1.64. The Morgan fingerprint density at radius 3 is 2.89 bits per heavy atom. The van der Waals surface area contributed by atoms with E-state index in [0.717, 1.165) is 19.3 Å². The van der Waals surface area contributed by atoms with Crippen LogP contribution in [0.4, 0.5) is 0 Å². The molecule has 1 atom stereocenters. The van der Waals surface area contributed by atoms with E-state index in [1.54, 1.807) is 4.90 Å². The van der Waals surface area contributed by atoms with E-state index in [-0.39, 0.29) is 24.1 Å². The Morgan fingerprint density at radius 2 is 2.26 bits per heavy atom. The number of carbonyl (C=O) groups is 3. The summed E-state index contributed by atoms with van der Waals surface area (Å²) in [6, 6.07) is 0. The summed E-state index contributed by atoms with van der Waals surface area (Å²) in [7, 11) is 0. The number of nitrogens with one attached hydrogen (secondary N) is 1. The molecule has 2 fully saturated rings. The quantitative estimate of drug-likeness (QED) is 0.590. The van der Waals surface area contributed by atoms with Crippen molar-refractivity contribution in [3.8, 4) is 0 Å². The van der Waals surface area contributed by atoms with Crippen LogP contribution in [0.15, 0.2) is 11.6 Å². The van der Waals surface area contributed by atoms with Crippen molar-refractivity contribution in [2.24, 2.45) is 5.41 Å². The molecule has 3 amide bonds. The van der Waals surface area contributed by atoms with Crippen molar-refractivity contribution in [3.63, 3.8) is 0 Å². The number of nitrogens with zero attached hydrogens (tertiary/aromatic N) is 1. The molecule has 0 bridgehead atoms. The van der Waals surface area contributed by atoms with Gasteiger partial charge in [0.1, 0.15) is 0 Å². The predicted molar refractivity (Wildman–Crippen MR) is 67.9 cm³/mol. The highest BCUT2D eigenvalue weighted by Crippen LogP contribution is 2.38. The molecule has 2 heterocycles. The van der Waals surface area contributed by atoms with Crippen LogP contribution in [0.3, 0.4) is 0 Å². The van der Waals surface area contributed by atoms with Crippen LogP contribution in [0.2, 0.25) is 0 Å². The van der Waals surface area contributed by atoms with Gasteiger partial charge in [0.2, 0.25) is 17.7 Å². The second kappa shape index (κ2) is 4.47. The summed E-state index contributed by atoms with van der Waals surface area (Å²) in [5.74, 6) is -0.317. The molecule has 3 aliphatic rings. The van der Waals surface area contributed by atoms with Crippen molar-refractivity contribution >= 4 is 17.7 Å². The van der Waals surface area contributed by atoms with Crippen LogP contribution >= 0.6 is 0 Å². The van der Waals surface area contributed by atoms with Gasteiger partial charge in [0.15, 0.2) is 0 Å². The van der Waals surface area contributed by atoms with Gasteiger partial charge >= 0.3 is 0 Å². The first-order chi connectivity index (χ1) is 9.09. The molecule has 1 aliphatic carbocycles. The van der Waals surface area contributed by atoms with Gasteiger partial charge in [0.05, 0.1) is 5.41 Å². The van der Waals surface area contributed by atoms with E-state index in [1.165, 1.54) is 5.57 Å². The zero-order chi connectivity index (χ0) is 13.5. The molecule has 1 spiro atoms. The third-order valence-corrected chi connectivity index (χ3v) is 4.45. The maximum Gasteiger partial charge on any atom is 0.235 e. The number of hydrogen-bond donors (Lipinski definition) is 1. The molecular formula is C14H18N2O3. The maximum absolute atomic E-state index is 12.2. The fourth-order valence-corrected chi connectivity index (χ4v) is 3.31. The number of amides is 3. The van der Waals surface area contributed by atoms with Gasteiger partial charge in [-0.3, -0.25) is 19.7 Å². The Morgan fingerprint density at radius 1 is 1.42 bits per heavy atom. The monoisotopic (exact) mass is 262 g/mol. The fourth-order valence-electron chi connectivity index (χ4n) is 3.31. The van der Waals surface area contributed by atoms with Crippen molar-refractivity contribution in [1.82, 2.24) is 10.2 Å². The molecule has 1 N–H and O–H groups in total. The predicted octanol–water partition coefficient (Wildman–Crippen LogP) is 0.752. The Kier molecular flexibility index (Phi) is 2.92. The lowest BCUT2D eigenvalue weighted by atomic mass is 9.85. The first-order valence-corrected chi connectivity index (χ1v) is 6.89. The lowest BCUT2D eigenvalue weighted by Gasteiger charge is -2.20. The molecule has 0 aromatic carbocycles. The van der Waals surface area contributed by atoms with E-state index in [9.17, 15) is 14.4 Å². The van der Waals surface area contributed by atoms with Crippen LogP contribution in [0, 0.1) is 5.41 Å². The number of hydrogen-bond acceptors (Lipinski definition) is 3. The smallest absolute Gasteiger partial charge is 0.235 e. The van der Waals surface area contributed by atoms with E-state index < -0.39 is 5.41 Å². The zero-order valence-electron chi connectivity index (χ0n) is 10.9. The molecule has 5 heteroatoms. The van der Waals surface area contributed by atoms with Crippen LogP contribution in [0.5, 0.6) is 0 Å².